The molecule has 0 saturated heterocycles. The SMILES string of the molecule is CCOc1cc(NCC(C)(O)CC)c(N)cc1F. The average molecular weight is 256 g/mol. The number of halogens is 1. The Kier molecular flexibility index (Phi) is 4.78. The number of nitrogens with two attached hydrogens (primary N) is 1. The lowest BCUT2D eigenvalue weighted by Gasteiger charge is -2.23. The molecule has 0 heterocycles. The summed E-state index contributed by atoms with van der Waals surface area (Å²) in [5, 5.41) is 12.9. The molecule has 0 aromatic heterocycles. The zero-order valence-electron chi connectivity index (χ0n) is 11.1. The number of ether oxygens (including phenoxy) is 1. The first-order valence-corrected chi connectivity index (χ1v) is 6.07. The molecule has 1 atom stereocenters. The van der Waals surface area contributed by atoms with Gasteiger partial charge >= 0.3 is 0 Å². The molecule has 0 fully saturated rings. The van der Waals surface area contributed by atoms with Crippen molar-refractivity contribution in [1.82, 2.24) is 0 Å². The highest BCUT2D eigenvalue weighted by Crippen LogP contribution is 2.28. The molecule has 102 valence electrons. The normalized spacial score (nSPS) is 14.1. The minimum Gasteiger partial charge on any atom is -0.491 e. The zero-order chi connectivity index (χ0) is 13.8. The van der Waals surface area contributed by atoms with Crippen molar-refractivity contribution in [3.63, 3.8) is 0 Å². The van der Waals surface area contributed by atoms with Crippen molar-refractivity contribution in [1.29, 1.82) is 0 Å². The average Bonchev–Trinajstić information content (AvgIpc) is 2.31. The number of aliphatic hydroxyl groups is 1. The Morgan fingerprint density at radius 3 is 2.67 bits per heavy atom. The van der Waals surface area contributed by atoms with E-state index in [1.165, 1.54) is 12.1 Å². The van der Waals surface area contributed by atoms with Gasteiger partial charge in [0.15, 0.2) is 11.6 Å². The first-order valence-electron chi connectivity index (χ1n) is 6.07. The largest absolute Gasteiger partial charge is 0.491 e. The fraction of sp³-hybridized carbons (Fsp3) is 0.538. The monoisotopic (exact) mass is 256 g/mol. The van der Waals surface area contributed by atoms with E-state index in [1.54, 1.807) is 13.8 Å². The van der Waals surface area contributed by atoms with Crippen LogP contribution < -0.4 is 15.8 Å². The Morgan fingerprint density at radius 1 is 1.44 bits per heavy atom. The summed E-state index contributed by atoms with van der Waals surface area (Å²) in [5.41, 5.74) is 5.75. The highest BCUT2D eigenvalue weighted by Gasteiger charge is 2.18. The summed E-state index contributed by atoms with van der Waals surface area (Å²) >= 11 is 0. The second-order valence-electron chi connectivity index (χ2n) is 4.51. The minimum atomic E-state index is -0.827. The van der Waals surface area contributed by atoms with Gasteiger partial charge in [0.1, 0.15) is 0 Å². The number of anilines is 2. The van der Waals surface area contributed by atoms with Crippen molar-refractivity contribution in [3.8, 4) is 5.75 Å². The van der Waals surface area contributed by atoms with E-state index in [0.29, 0.717) is 30.9 Å². The molecule has 4 N–H and O–H groups in total. The molecule has 1 aromatic rings. The van der Waals surface area contributed by atoms with Crippen molar-refractivity contribution < 1.29 is 14.2 Å². The van der Waals surface area contributed by atoms with Crippen LogP contribution in [0.15, 0.2) is 12.1 Å². The number of benzene rings is 1. The van der Waals surface area contributed by atoms with E-state index >= 15 is 0 Å². The topological polar surface area (TPSA) is 67.5 Å². The van der Waals surface area contributed by atoms with Crippen LogP contribution in [0.25, 0.3) is 0 Å². The molecule has 0 aliphatic carbocycles. The Morgan fingerprint density at radius 2 is 2.11 bits per heavy atom. The molecule has 4 nitrogen and oxygen atoms in total. The fourth-order valence-electron chi connectivity index (χ4n) is 1.40. The molecule has 5 heteroatoms. The van der Waals surface area contributed by atoms with Gasteiger partial charge in [0.2, 0.25) is 0 Å². The van der Waals surface area contributed by atoms with Gasteiger partial charge in [-0.1, -0.05) is 6.92 Å². The van der Waals surface area contributed by atoms with Gasteiger partial charge in [0.05, 0.1) is 23.6 Å². The maximum absolute atomic E-state index is 13.5. The van der Waals surface area contributed by atoms with Crippen LogP contribution in [0, 0.1) is 5.82 Å². The quantitative estimate of drug-likeness (QED) is 0.684. The molecule has 0 radical (unpaired) electrons. The van der Waals surface area contributed by atoms with Crippen LogP contribution in [0.2, 0.25) is 0 Å². The van der Waals surface area contributed by atoms with E-state index in [4.69, 9.17) is 10.5 Å². The number of hydrogen-bond acceptors (Lipinski definition) is 4. The summed E-state index contributed by atoms with van der Waals surface area (Å²) in [7, 11) is 0. The second-order valence-corrected chi connectivity index (χ2v) is 4.51. The van der Waals surface area contributed by atoms with Crippen molar-refractivity contribution in [3.05, 3.63) is 17.9 Å². The van der Waals surface area contributed by atoms with E-state index in [2.05, 4.69) is 5.32 Å². The number of nitrogen functional groups attached to an aromatic ring is 1. The molecule has 1 rings (SSSR count). The summed E-state index contributed by atoms with van der Waals surface area (Å²) in [4.78, 5) is 0. The van der Waals surface area contributed by atoms with Crippen molar-refractivity contribution in [2.45, 2.75) is 32.8 Å². The molecule has 18 heavy (non-hydrogen) atoms. The van der Waals surface area contributed by atoms with Crippen LogP contribution in [0.3, 0.4) is 0 Å². The first-order chi connectivity index (χ1) is 8.39. The van der Waals surface area contributed by atoms with Crippen LogP contribution in [0.1, 0.15) is 27.2 Å². The van der Waals surface area contributed by atoms with Gasteiger partial charge in [0.25, 0.3) is 0 Å². The van der Waals surface area contributed by atoms with Crippen molar-refractivity contribution >= 4 is 11.4 Å². The molecule has 0 amide bonds. The first kappa shape index (κ1) is 14.6. The summed E-state index contributed by atoms with van der Waals surface area (Å²) in [6.45, 7) is 6.12. The van der Waals surface area contributed by atoms with Gasteiger partial charge < -0.3 is 20.9 Å². The smallest absolute Gasteiger partial charge is 0.167 e. The molecular weight excluding hydrogens is 235 g/mol. The molecule has 0 aliphatic heterocycles. The lowest BCUT2D eigenvalue weighted by molar-refractivity contribution is 0.0697. The Labute approximate surface area is 107 Å². The van der Waals surface area contributed by atoms with Crippen LogP contribution in [0.5, 0.6) is 5.75 Å². The molecule has 1 unspecified atom stereocenters. The molecule has 0 bridgehead atoms. The fourth-order valence-corrected chi connectivity index (χ4v) is 1.40. The number of rotatable bonds is 6. The summed E-state index contributed by atoms with van der Waals surface area (Å²) < 4.78 is 18.6. The third kappa shape index (κ3) is 3.77. The summed E-state index contributed by atoms with van der Waals surface area (Å²) in [5.74, 6) is -0.326. The molecule has 0 aliphatic rings. The minimum absolute atomic E-state index is 0.158. The molecular formula is C13H21FN2O2. The van der Waals surface area contributed by atoms with Gasteiger partial charge in [-0.25, -0.2) is 4.39 Å². The van der Waals surface area contributed by atoms with E-state index in [-0.39, 0.29) is 5.75 Å². The number of nitrogens with one attached hydrogen (secondary N) is 1. The van der Waals surface area contributed by atoms with Gasteiger partial charge in [-0.15, -0.1) is 0 Å². The Bertz CT molecular complexity index is 408. The Balaban J connectivity index is 2.85. The summed E-state index contributed by atoms with van der Waals surface area (Å²) in [6.07, 6.45) is 0.611. The Hall–Kier alpha value is -1.49. The van der Waals surface area contributed by atoms with E-state index in [0.717, 1.165) is 0 Å². The van der Waals surface area contributed by atoms with Crippen molar-refractivity contribution in [2.75, 3.05) is 24.2 Å². The maximum Gasteiger partial charge on any atom is 0.167 e. The predicted octanol–water partition coefficient (Wildman–Crippen LogP) is 2.38. The van der Waals surface area contributed by atoms with Crippen molar-refractivity contribution in [2.24, 2.45) is 0 Å². The lowest BCUT2D eigenvalue weighted by Crippen LogP contribution is -2.32. The van der Waals surface area contributed by atoms with E-state index in [1.807, 2.05) is 6.92 Å². The van der Waals surface area contributed by atoms with Crippen LogP contribution in [-0.4, -0.2) is 23.9 Å². The highest BCUT2D eigenvalue weighted by atomic mass is 19.1. The van der Waals surface area contributed by atoms with Crippen LogP contribution >= 0.6 is 0 Å². The van der Waals surface area contributed by atoms with Gasteiger partial charge in [-0.05, 0) is 20.3 Å². The van der Waals surface area contributed by atoms with Crippen LogP contribution in [-0.2, 0) is 0 Å². The standard InChI is InChI=1S/C13H21FN2O2/c1-4-13(3,17)8-16-11-7-12(18-5-2)9(14)6-10(11)15/h6-7,16-17H,4-5,8,15H2,1-3H3. The van der Waals surface area contributed by atoms with E-state index < -0.39 is 11.4 Å². The van der Waals surface area contributed by atoms with Crippen LogP contribution in [0.4, 0.5) is 15.8 Å². The molecule has 0 saturated carbocycles. The van der Waals surface area contributed by atoms with E-state index in [9.17, 15) is 9.50 Å². The van der Waals surface area contributed by atoms with Gasteiger partial charge in [-0.3, -0.25) is 0 Å². The molecule has 1 aromatic carbocycles. The summed E-state index contributed by atoms with van der Waals surface area (Å²) in [6, 6.07) is 2.73. The van der Waals surface area contributed by atoms with Gasteiger partial charge in [0, 0.05) is 18.7 Å². The third-order valence-electron chi connectivity index (χ3n) is 2.83. The predicted molar refractivity (Wildman–Crippen MR) is 71.4 cm³/mol. The third-order valence-corrected chi connectivity index (χ3v) is 2.83. The highest BCUT2D eigenvalue weighted by molar-refractivity contribution is 5.68. The molecule has 0 spiro atoms. The lowest BCUT2D eigenvalue weighted by atomic mass is 10.0. The zero-order valence-corrected chi connectivity index (χ0v) is 11.1. The van der Waals surface area contributed by atoms with Gasteiger partial charge in [-0.2, -0.15) is 0 Å². The second kappa shape index (κ2) is 5.91. The maximum atomic E-state index is 13.5. The number of hydrogen-bond donors (Lipinski definition) is 3.